The Balaban J connectivity index is 6.80. The number of esters is 2. The Morgan fingerprint density at radius 2 is 0.816 bits per heavy atom. The number of hydrogen-bond donors (Lipinski definition) is 0. The molecule has 0 heterocycles. The molecule has 226 valence electrons. The molecule has 0 fully saturated rings. The van der Waals surface area contributed by atoms with Crippen LogP contribution in [0.25, 0.3) is 0 Å². The van der Waals surface area contributed by atoms with Gasteiger partial charge in [-0.2, -0.15) is 74.6 Å². The van der Waals surface area contributed by atoms with E-state index < -0.39 is 84.6 Å². The monoisotopic (exact) mass is 606 g/mol. The lowest BCUT2D eigenvalue weighted by atomic mass is 9.82. The highest BCUT2D eigenvalue weighted by Crippen LogP contribution is 2.64. The normalized spacial score (nSPS) is 15.4. The fraction of sp³-hybridized carbons (Fsp3) is 0.882. The maximum absolute atomic E-state index is 13.9. The molecule has 0 saturated heterocycles. The number of hydrogen-bond acceptors (Lipinski definition) is 4. The topological polar surface area (TPSA) is 52.6 Å². The zero-order valence-corrected chi connectivity index (χ0v) is 18.7. The molecule has 0 aromatic carbocycles. The van der Waals surface area contributed by atoms with E-state index in [2.05, 4.69) is 9.47 Å². The van der Waals surface area contributed by atoms with Crippen LogP contribution in [0.1, 0.15) is 33.6 Å². The lowest BCUT2D eigenvalue weighted by Gasteiger charge is -2.42. The number of carbonyl (C=O) groups is 2. The van der Waals surface area contributed by atoms with Crippen LogP contribution in [0.3, 0.4) is 0 Å². The third-order valence-electron chi connectivity index (χ3n) is 5.18. The number of carbonyl (C=O) groups excluding carboxylic acids is 2. The summed E-state index contributed by atoms with van der Waals surface area (Å²) in [5.41, 5.74) is -3.03. The minimum absolute atomic E-state index is 0.615. The van der Waals surface area contributed by atoms with E-state index in [1.807, 2.05) is 0 Å². The minimum Gasteiger partial charge on any atom is -0.465 e. The highest BCUT2D eigenvalue weighted by molar-refractivity contribution is 6.00. The fourth-order valence-corrected chi connectivity index (χ4v) is 2.61. The molecular formula is C17H15F17O4. The van der Waals surface area contributed by atoms with Gasteiger partial charge in [0.05, 0.1) is 6.61 Å². The largest absolute Gasteiger partial charge is 0.473 e. The molecule has 0 aliphatic carbocycles. The van der Waals surface area contributed by atoms with Gasteiger partial charge in [0, 0.05) is 0 Å². The lowest BCUT2D eigenvalue weighted by Crippen LogP contribution is -2.74. The summed E-state index contributed by atoms with van der Waals surface area (Å²) in [6, 6.07) is 0. The summed E-state index contributed by atoms with van der Waals surface area (Å²) in [5.74, 6) is -56.1. The summed E-state index contributed by atoms with van der Waals surface area (Å²) in [5, 5.41) is 0. The second-order valence-corrected chi connectivity index (χ2v) is 7.36. The molecule has 21 heteroatoms. The standard InChI is InChI=1S/C17H15F17O4/c1-4-9(5-2,7(35)37-6-3)8(36)38-17(33,34)15(28,29)13(24,25)11(20,21)10(18,19)12(22,23)14(26,27)16(30,31)32/h4-6H2,1-3H3. The van der Waals surface area contributed by atoms with Gasteiger partial charge in [0.25, 0.3) is 0 Å². The maximum atomic E-state index is 13.9. The second kappa shape index (κ2) is 10.1. The third-order valence-corrected chi connectivity index (χ3v) is 5.18. The molecule has 0 bridgehead atoms. The van der Waals surface area contributed by atoms with Gasteiger partial charge in [0.2, 0.25) is 0 Å². The first-order chi connectivity index (χ1) is 16.5. The lowest BCUT2D eigenvalue weighted by molar-refractivity contribution is -0.474. The van der Waals surface area contributed by atoms with Crippen LogP contribution in [0, 0.1) is 5.41 Å². The van der Waals surface area contributed by atoms with Crippen molar-refractivity contribution in [2.45, 2.75) is 81.4 Å². The van der Waals surface area contributed by atoms with Crippen LogP contribution >= 0.6 is 0 Å². The molecule has 0 rings (SSSR count). The predicted octanol–water partition coefficient (Wildman–Crippen LogP) is 6.87. The smallest absolute Gasteiger partial charge is 0.465 e. The highest BCUT2D eigenvalue weighted by Gasteiger charge is 2.96. The van der Waals surface area contributed by atoms with E-state index in [0.29, 0.717) is 0 Å². The maximum Gasteiger partial charge on any atom is 0.473 e. The highest BCUT2D eigenvalue weighted by atomic mass is 19.4. The van der Waals surface area contributed by atoms with E-state index in [4.69, 9.17) is 0 Å². The Morgan fingerprint density at radius 1 is 0.500 bits per heavy atom. The summed E-state index contributed by atoms with van der Waals surface area (Å²) in [7, 11) is 0. The molecule has 0 N–H and O–H groups in total. The van der Waals surface area contributed by atoms with Crippen LogP contribution in [0.5, 0.6) is 0 Å². The first kappa shape index (κ1) is 35.8. The molecule has 0 radical (unpaired) electrons. The SMILES string of the molecule is CCOC(=O)C(CC)(CC)C(=O)OC(F)(F)C(F)(F)C(F)(F)C(F)(F)C(F)(F)C(F)(F)C(F)(F)C(F)(F)F. The molecule has 0 aliphatic rings. The van der Waals surface area contributed by atoms with Crippen molar-refractivity contribution >= 4 is 11.9 Å². The quantitative estimate of drug-likeness (QED) is 0.138. The first-order valence-corrected chi connectivity index (χ1v) is 9.60. The number of rotatable bonds is 12. The van der Waals surface area contributed by atoms with Crippen LogP contribution in [0.4, 0.5) is 74.6 Å². The molecule has 0 amide bonds. The average molecular weight is 606 g/mol. The van der Waals surface area contributed by atoms with Crippen LogP contribution in [-0.2, 0) is 19.1 Å². The number of ether oxygens (including phenoxy) is 2. The van der Waals surface area contributed by atoms with E-state index in [1.54, 1.807) is 0 Å². The van der Waals surface area contributed by atoms with Crippen molar-refractivity contribution in [1.29, 1.82) is 0 Å². The molecule has 0 aromatic rings. The zero-order chi connectivity index (χ0) is 31.2. The summed E-state index contributed by atoms with van der Waals surface area (Å²) >= 11 is 0. The van der Waals surface area contributed by atoms with Gasteiger partial charge in [-0.25, -0.2) is 0 Å². The van der Waals surface area contributed by atoms with Crippen molar-refractivity contribution in [3.8, 4) is 0 Å². The van der Waals surface area contributed by atoms with Gasteiger partial charge in [-0.1, -0.05) is 13.8 Å². The molecule has 4 nitrogen and oxygen atoms in total. The molecular weight excluding hydrogens is 591 g/mol. The fourth-order valence-electron chi connectivity index (χ4n) is 2.61. The van der Waals surface area contributed by atoms with E-state index in [-0.39, 0.29) is 0 Å². The van der Waals surface area contributed by atoms with Gasteiger partial charge in [-0.05, 0) is 19.8 Å². The molecule has 38 heavy (non-hydrogen) atoms. The van der Waals surface area contributed by atoms with E-state index in [0.717, 1.165) is 20.8 Å². The third kappa shape index (κ3) is 4.81. The Kier molecular flexibility index (Phi) is 9.46. The molecule has 0 aromatic heterocycles. The van der Waals surface area contributed by atoms with Crippen molar-refractivity contribution in [2.24, 2.45) is 5.41 Å². The van der Waals surface area contributed by atoms with Crippen molar-refractivity contribution in [1.82, 2.24) is 0 Å². The van der Waals surface area contributed by atoms with E-state index >= 15 is 0 Å². The van der Waals surface area contributed by atoms with Crippen molar-refractivity contribution in [2.75, 3.05) is 6.61 Å². The molecule has 0 unspecified atom stereocenters. The Labute approximate surface area is 200 Å². The summed E-state index contributed by atoms with van der Waals surface area (Å²) in [4.78, 5) is 23.9. The zero-order valence-electron chi connectivity index (χ0n) is 18.7. The van der Waals surface area contributed by atoms with Gasteiger partial charge >= 0.3 is 59.8 Å². The molecule has 0 atom stereocenters. The van der Waals surface area contributed by atoms with Crippen molar-refractivity contribution in [3.05, 3.63) is 0 Å². The van der Waals surface area contributed by atoms with E-state index in [1.165, 1.54) is 0 Å². The van der Waals surface area contributed by atoms with Gasteiger partial charge in [0.15, 0.2) is 5.41 Å². The van der Waals surface area contributed by atoms with Crippen molar-refractivity contribution in [3.63, 3.8) is 0 Å². The first-order valence-electron chi connectivity index (χ1n) is 9.60. The van der Waals surface area contributed by atoms with Crippen LogP contribution < -0.4 is 0 Å². The second-order valence-electron chi connectivity index (χ2n) is 7.36. The summed E-state index contributed by atoms with van der Waals surface area (Å²) in [6.07, 6.45) is -17.2. The van der Waals surface area contributed by atoms with Crippen LogP contribution in [0.15, 0.2) is 0 Å². The average Bonchev–Trinajstić information content (AvgIpc) is 2.73. The molecule has 0 saturated carbocycles. The molecule has 0 spiro atoms. The van der Waals surface area contributed by atoms with Crippen molar-refractivity contribution < 1.29 is 93.7 Å². The van der Waals surface area contributed by atoms with E-state index in [9.17, 15) is 84.2 Å². The van der Waals surface area contributed by atoms with Crippen LogP contribution in [0.2, 0.25) is 0 Å². The predicted molar refractivity (Wildman–Crippen MR) is 86.4 cm³/mol. The van der Waals surface area contributed by atoms with Gasteiger partial charge in [-0.15, -0.1) is 0 Å². The summed E-state index contributed by atoms with van der Waals surface area (Å²) < 4.78 is 232. The Hall–Kier alpha value is -2.25. The Bertz CT molecular complexity index is 874. The van der Waals surface area contributed by atoms with Gasteiger partial charge in [0.1, 0.15) is 0 Å². The minimum atomic E-state index is -8.81. The van der Waals surface area contributed by atoms with Crippen LogP contribution in [-0.4, -0.2) is 66.4 Å². The van der Waals surface area contributed by atoms with Gasteiger partial charge < -0.3 is 9.47 Å². The number of halogens is 17. The Morgan fingerprint density at radius 3 is 1.11 bits per heavy atom. The number of alkyl halides is 17. The van der Waals surface area contributed by atoms with Gasteiger partial charge in [-0.3, -0.25) is 9.59 Å². The summed E-state index contributed by atoms with van der Waals surface area (Å²) in [6.45, 7) is 2.06. The molecule has 0 aliphatic heterocycles.